The van der Waals surface area contributed by atoms with Gasteiger partial charge in [0.2, 0.25) is 0 Å². The third kappa shape index (κ3) is 4.74. The normalized spacial score (nSPS) is 10.8. The summed E-state index contributed by atoms with van der Waals surface area (Å²) in [5.41, 5.74) is 3.60. The molecule has 1 N–H and O–H groups in total. The highest BCUT2D eigenvalue weighted by molar-refractivity contribution is 5.94. The summed E-state index contributed by atoms with van der Waals surface area (Å²) in [6.07, 6.45) is 4.38. The summed E-state index contributed by atoms with van der Waals surface area (Å²) in [6.45, 7) is 0.252. The highest BCUT2D eigenvalue weighted by Crippen LogP contribution is 2.16. The minimum Gasteiger partial charge on any atom is -0.460 e. The second kappa shape index (κ2) is 7.87. The molecule has 7 heteroatoms. The summed E-state index contributed by atoms with van der Waals surface area (Å²) < 4.78 is 23.7. The lowest BCUT2D eigenvalue weighted by Gasteiger charge is -2.02. The van der Waals surface area contributed by atoms with Crippen LogP contribution < -0.4 is 10.2 Å². The first-order chi connectivity index (χ1) is 12.2. The molecule has 0 bridgehead atoms. The molecular formula is C18H14FN3O3. The highest BCUT2D eigenvalue weighted by atomic mass is 19.1. The van der Waals surface area contributed by atoms with Crippen molar-refractivity contribution in [2.75, 3.05) is 0 Å². The monoisotopic (exact) mass is 339 g/mol. The molecule has 6 nitrogen and oxygen atoms in total. The Morgan fingerprint density at radius 1 is 1.24 bits per heavy atom. The smallest absolute Gasteiger partial charge is 0.285 e. The molecule has 2 aromatic heterocycles. The number of nitrogens with zero attached hydrogens (tertiary/aromatic N) is 2. The summed E-state index contributed by atoms with van der Waals surface area (Å²) in [5.74, 6) is 0.0437. The summed E-state index contributed by atoms with van der Waals surface area (Å²) in [4.78, 5) is 15.6. The number of furan rings is 1. The molecule has 0 spiro atoms. The number of rotatable bonds is 6. The Morgan fingerprint density at radius 3 is 2.84 bits per heavy atom. The molecule has 0 fully saturated rings. The van der Waals surface area contributed by atoms with E-state index in [9.17, 15) is 9.18 Å². The van der Waals surface area contributed by atoms with E-state index >= 15 is 0 Å². The Kier molecular flexibility index (Phi) is 5.16. The number of benzene rings is 1. The Morgan fingerprint density at radius 2 is 2.08 bits per heavy atom. The molecule has 0 unspecified atom stereocenters. The zero-order valence-electron chi connectivity index (χ0n) is 13.1. The molecule has 0 saturated carbocycles. The Hall–Kier alpha value is -3.48. The topological polar surface area (TPSA) is 76.7 Å². The van der Waals surface area contributed by atoms with Crippen LogP contribution in [-0.4, -0.2) is 17.1 Å². The molecule has 0 aliphatic heterocycles. The Labute approximate surface area is 143 Å². The van der Waals surface area contributed by atoms with E-state index in [1.54, 1.807) is 42.6 Å². The van der Waals surface area contributed by atoms with Crippen molar-refractivity contribution in [2.24, 2.45) is 5.10 Å². The van der Waals surface area contributed by atoms with Crippen molar-refractivity contribution in [3.05, 3.63) is 83.6 Å². The van der Waals surface area contributed by atoms with E-state index in [0.717, 1.165) is 5.56 Å². The zero-order valence-corrected chi connectivity index (χ0v) is 13.1. The van der Waals surface area contributed by atoms with E-state index in [1.807, 2.05) is 0 Å². The molecule has 0 atom stereocenters. The highest BCUT2D eigenvalue weighted by Gasteiger charge is 2.04. The van der Waals surface area contributed by atoms with Gasteiger partial charge in [0.05, 0.1) is 11.8 Å². The molecule has 3 rings (SSSR count). The Bertz CT molecular complexity index is 861. The Balaban J connectivity index is 1.51. The fraction of sp³-hybridized carbons (Fsp3) is 0.0556. The van der Waals surface area contributed by atoms with Crippen LogP contribution in [0.25, 0.3) is 0 Å². The van der Waals surface area contributed by atoms with Crippen LogP contribution in [-0.2, 0) is 6.61 Å². The van der Waals surface area contributed by atoms with Crippen LogP contribution in [0.15, 0.2) is 70.4 Å². The summed E-state index contributed by atoms with van der Waals surface area (Å²) in [5, 5.41) is 3.82. The summed E-state index contributed by atoms with van der Waals surface area (Å²) in [7, 11) is 0. The number of amides is 1. The van der Waals surface area contributed by atoms with Crippen LogP contribution in [0.2, 0.25) is 0 Å². The van der Waals surface area contributed by atoms with Crippen molar-refractivity contribution >= 4 is 12.1 Å². The quantitative estimate of drug-likeness (QED) is 0.553. The number of pyridine rings is 1. The average molecular weight is 339 g/mol. The standard InChI is InChI=1S/C18H14FN3O3/c19-15-5-3-13(4-6-15)12-24-17-8-7-16(25-17)11-21-22-18(23)14-2-1-9-20-10-14/h1-11H,12H2,(H,22,23)/b21-11+. The van der Waals surface area contributed by atoms with Gasteiger partial charge in [0, 0.05) is 18.5 Å². The number of nitrogens with one attached hydrogen (secondary N) is 1. The third-order valence-electron chi connectivity index (χ3n) is 3.18. The summed E-state index contributed by atoms with van der Waals surface area (Å²) >= 11 is 0. The lowest BCUT2D eigenvalue weighted by Crippen LogP contribution is -2.17. The lowest BCUT2D eigenvalue weighted by atomic mass is 10.2. The fourth-order valence-corrected chi connectivity index (χ4v) is 1.93. The number of aromatic nitrogens is 1. The number of hydrogen-bond donors (Lipinski definition) is 1. The number of halogens is 1. The fourth-order valence-electron chi connectivity index (χ4n) is 1.93. The van der Waals surface area contributed by atoms with E-state index in [-0.39, 0.29) is 18.3 Å². The first kappa shape index (κ1) is 16.4. The third-order valence-corrected chi connectivity index (χ3v) is 3.18. The van der Waals surface area contributed by atoms with Crippen molar-refractivity contribution in [3.63, 3.8) is 0 Å². The van der Waals surface area contributed by atoms with Crippen LogP contribution in [0.4, 0.5) is 4.39 Å². The summed E-state index contributed by atoms with van der Waals surface area (Å²) in [6, 6.07) is 12.6. The van der Waals surface area contributed by atoms with Crippen LogP contribution in [0, 0.1) is 5.82 Å². The number of hydrazone groups is 1. The van der Waals surface area contributed by atoms with Crippen LogP contribution in [0.3, 0.4) is 0 Å². The maximum atomic E-state index is 12.8. The van der Waals surface area contributed by atoms with Gasteiger partial charge in [-0.2, -0.15) is 5.10 Å². The molecule has 3 aromatic rings. The van der Waals surface area contributed by atoms with E-state index in [1.165, 1.54) is 24.5 Å². The molecule has 126 valence electrons. The number of carbonyl (C=O) groups is 1. The predicted octanol–water partition coefficient (Wildman–Crippen LogP) is 3.16. The van der Waals surface area contributed by atoms with Gasteiger partial charge < -0.3 is 9.15 Å². The van der Waals surface area contributed by atoms with E-state index in [4.69, 9.17) is 9.15 Å². The number of carbonyl (C=O) groups excluding carboxylic acids is 1. The number of hydrogen-bond acceptors (Lipinski definition) is 5. The molecule has 0 saturated heterocycles. The van der Waals surface area contributed by atoms with Gasteiger partial charge in [-0.1, -0.05) is 12.1 Å². The van der Waals surface area contributed by atoms with Crippen molar-refractivity contribution in [1.29, 1.82) is 0 Å². The van der Waals surface area contributed by atoms with Gasteiger partial charge in [-0.05, 0) is 35.9 Å². The molecule has 1 aromatic carbocycles. The largest absolute Gasteiger partial charge is 0.460 e. The predicted molar refractivity (Wildman–Crippen MR) is 88.7 cm³/mol. The van der Waals surface area contributed by atoms with E-state index < -0.39 is 0 Å². The number of ether oxygens (including phenoxy) is 1. The second-order valence-corrected chi connectivity index (χ2v) is 5.01. The van der Waals surface area contributed by atoms with Crippen molar-refractivity contribution in [1.82, 2.24) is 10.4 Å². The van der Waals surface area contributed by atoms with Gasteiger partial charge in [0.1, 0.15) is 12.4 Å². The van der Waals surface area contributed by atoms with Crippen molar-refractivity contribution < 1.29 is 18.3 Å². The van der Waals surface area contributed by atoms with Gasteiger partial charge in [-0.15, -0.1) is 0 Å². The van der Waals surface area contributed by atoms with Gasteiger partial charge in [0.25, 0.3) is 11.9 Å². The van der Waals surface area contributed by atoms with Gasteiger partial charge in [-0.3, -0.25) is 9.78 Å². The molecular weight excluding hydrogens is 325 g/mol. The van der Waals surface area contributed by atoms with Crippen LogP contribution in [0.5, 0.6) is 5.95 Å². The van der Waals surface area contributed by atoms with E-state index in [0.29, 0.717) is 17.3 Å². The maximum Gasteiger partial charge on any atom is 0.285 e. The molecule has 0 radical (unpaired) electrons. The van der Waals surface area contributed by atoms with Crippen molar-refractivity contribution in [2.45, 2.75) is 6.61 Å². The van der Waals surface area contributed by atoms with Gasteiger partial charge >= 0.3 is 0 Å². The zero-order chi connectivity index (χ0) is 17.5. The lowest BCUT2D eigenvalue weighted by molar-refractivity contribution is 0.0954. The van der Waals surface area contributed by atoms with Crippen LogP contribution in [0.1, 0.15) is 21.7 Å². The SMILES string of the molecule is O=C(N/N=C/c1ccc(OCc2ccc(F)cc2)o1)c1cccnc1. The average Bonchev–Trinajstić information content (AvgIpc) is 3.10. The molecule has 25 heavy (non-hydrogen) atoms. The minimum absolute atomic E-state index is 0.252. The maximum absolute atomic E-state index is 12.8. The molecule has 1 amide bonds. The first-order valence-corrected chi connectivity index (χ1v) is 7.41. The van der Waals surface area contributed by atoms with Crippen LogP contribution >= 0.6 is 0 Å². The van der Waals surface area contributed by atoms with E-state index in [2.05, 4.69) is 15.5 Å². The second-order valence-electron chi connectivity index (χ2n) is 5.01. The van der Waals surface area contributed by atoms with Crippen molar-refractivity contribution in [3.8, 4) is 5.95 Å². The van der Waals surface area contributed by atoms with Gasteiger partial charge in [0.15, 0.2) is 5.76 Å². The first-order valence-electron chi connectivity index (χ1n) is 7.41. The molecule has 0 aliphatic rings. The molecule has 0 aliphatic carbocycles. The van der Waals surface area contributed by atoms with Gasteiger partial charge in [-0.25, -0.2) is 9.82 Å². The minimum atomic E-state index is -0.372. The molecule has 2 heterocycles.